The summed E-state index contributed by atoms with van der Waals surface area (Å²) >= 11 is 0. The van der Waals surface area contributed by atoms with Gasteiger partial charge in [0.25, 0.3) is 0 Å². The summed E-state index contributed by atoms with van der Waals surface area (Å²) in [5.74, 6) is 5.95. The van der Waals surface area contributed by atoms with Crippen LogP contribution in [-0.4, -0.2) is 19.3 Å². The van der Waals surface area contributed by atoms with Crippen molar-refractivity contribution in [3.63, 3.8) is 0 Å². The van der Waals surface area contributed by atoms with E-state index in [2.05, 4.69) is 19.3 Å². The molecule has 0 saturated carbocycles. The van der Waals surface area contributed by atoms with E-state index in [-0.39, 0.29) is 12.1 Å². The van der Waals surface area contributed by atoms with E-state index >= 15 is 0 Å². The fraction of sp³-hybridized carbons (Fsp3) is 1.00. The van der Waals surface area contributed by atoms with E-state index in [9.17, 15) is 0 Å². The standard InChI is InChI=1S/C8H20N2O/c1-5-6(2)8(10-9)7(3)11-4/h6-8,10H,5,9H2,1-4H3. The first-order valence-corrected chi connectivity index (χ1v) is 4.16. The number of ether oxygens (including phenoxy) is 1. The number of rotatable bonds is 5. The lowest BCUT2D eigenvalue weighted by Gasteiger charge is -2.26. The van der Waals surface area contributed by atoms with Crippen molar-refractivity contribution < 1.29 is 4.74 Å². The first-order valence-electron chi connectivity index (χ1n) is 4.16. The molecular weight excluding hydrogens is 140 g/mol. The van der Waals surface area contributed by atoms with Crippen LogP contribution in [0.1, 0.15) is 27.2 Å². The second-order valence-electron chi connectivity index (χ2n) is 3.02. The van der Waals surface area contributed by atoms with E-state index < -0.39 is 0 Å². The molecule has 3 atom stereocenters. The first kappa shape index (κ1) is 10.9. The van der Waals surface area contributed by atoms with Gasteiger partial charge in [-0.3, -0.25) is 11.3 Å². The van der Waals surface area contributed by atoms with Gasteiger partial charge in [0.05, 0.1) is 6.10 Å². The molecule has 0 fully saturated rings. The molecule has 0 amide bonds. The molecule has 0 aliphatic heterocycles. The largest absolute Gasteiger partial charge is 0.380 e. The molecule has 0 heterocycles. The molecule has 3 nitrogen and oxygen atoms in total. The molecule has 3 unspecified atom stereocenters. The molecule has 0 aromatic heterocycles. The van der Waals surface area contributed by atoms with Gasteiger partial charge < -0.3 is 4.74 Å². The summed E-state index contributed by atoms with van der Waals surface area (Å²) in [6.45, 7) is 6.34. The topological polar surface area (TPSA) is 47.3 Å². The highest BCUT2D eigenvalue weighted by atomic mass is 16.5. The molecule has 0 saturated heterocycles. The lowest BCUT2D eigenvalue weighted by molar-refractivity contribution is 0.0633. The molecule has 3 heteroatoms. The van der Waals surface area contributed by atoms with Gasteiger partial charge in [-0.15, -0.1) is 0 Å². The SMILES string of the molecule is CCC(C)C(NN)C(C)OC. The minimum atomic E-state index is 0.176. The summed E-state index contributed by atoms with van der Waals surface area (Å²) in [7, 11) is 1.71. The molecule has 0 aromatic rings. The fourth-order valence-electron chi connectivity index (χ4n) is 1.16. The van der Waals surface area contributed by atoms with Crippen LogP contribution >= 0.6 is 0 Å². The van der Waals surface area contributed by atoms with E-state index in [1.54, 1.807) is 7.11 Å². The van der Waals surface area contributed by atoms with Crippen LogP contribution in [0.3, 0.4) is 0 Å². The molecule has 3 N–H and O–H groups in total. The van der Waals surface area contributed by atoms with E-state index in [4.69, 9.17) is 10.6 Å². The molecule has 68 valence electrons. The van der Waals surface area contributed by atoms with Gasteiger partial charge in [0.1, 0.15) is 0 Å². The zero-order valence-electron chi connectivity index (χ0n) is 7.92. The summed E-state index contributed by atoms with van der Waals surface area (Å²) in [6, 6.07) is 0.255. The second kappa shape index (κ2) is 5.52. The van der Waals surface area contributed by atoms with Crippen molar-refractivity contribution in [2.75, 3.05) is 7.11 Å². The lowest BCUT2D eigenvalue weighted by atomic mass is 9.96. The Bertz CT molecular complexity index is 88.1. The molecular formula is C8H20N2O. The van der Waals surface area contributed by atoms with Crippen molar-refractivity contribution in [2.24, 2.45) is 11.8 Å². The second-order valence-corrected chi connectivity index (χ2v) is 3.02. The van der Waals surface area contributed by atoms with Gasteiger partial charge in [-0.1, -0.05) is 20.3 Å². The van der Waals surface area contributed by atoms with E-state index in [0.29, 0.717) is 5.92 Å². The maximum atomic E-state index is 5.40. The Hall–Kier alpha value is -0.120. The van der Waals surface area contributed by atoms with Crippen LogP contribution < -0.4 is 11.3 Å². The number of nitrogens with one attached hydrogen (secondary N) is 1. The van der Waals surface area contributed by atoms with Crippen LogP contribution in [0.2, 0.25) is 0 Å². The molecule has 11 heavy (non-hydrogen) atoms. The smallest absolute Gasteiger partial charge is 0.0712 e. The number of hydrogen-bond acceptors (Lipinski definition) is 3. The molecule has 0 bridgehead atoms. The predicted molar refractivity (Wildman–Crippen MR) is 47.0 cm³/mol. The average molecular weight is 160 g/mol. The summed E-state index contributed by atoms with van der Waals surface area (Å²) in [5, 5.41) is 0. The van der Waals surface area contributed by atoms with Gasteiger partial charge in [-0.25, -0.2) is 0 Å². The summed E-state index contributed by atoms with van der Waals surface area (Å²) in [6.07, 6.45) is 1.29. The molecule has 0 aliphatic rings. The van der Waals surface area contributed by atoms with E-state index in [0.717, 1.165) is 6.42 Å². The van der Waals surface area contributed by atoms with Gasteiger partial charge in [-0.05, 0) is 12.8 Å². The summed E-state index contributed by atoms with van der Waals surface area (Å²) < 4.78 is 5.18. The van der Waals surface area contributed by atoms with Crippen LogP contribution in [-0.2, 0) is 4.74 Å². The third-order valence-electron chi connectivity index (χ3n) is 2.33. The van der Waals surface area contributed by atoms with Gasteiger partial charge in [0, 0.05) is 13.2 Å². The number of hydrogen-bond donors (Lipinski definition) is 2. The quantitative estimate of drug-likeness (QED) is 0.464. The summed E-state index contributed by atoms with van der Waals surface area (Å²) in [4.78, 5) is 0. The summed E-state index contributed by atoms with van der Waals surface area (Å²) in [5.41, 5.74) is 2.78. The Morgan fingerprint density at radius 3 is 2.27 bits per heavy atom. The van der Waals surface area contributed by atoms with Crippen LogP contribution in [0.5, 0.6) is 0 Å². The lowest BCUT2D eigenvalue weighted by Crippen LogP contribution is -2.47. The third kappa shape index (κ3) is 3.18. The third-order valence-corrected chi connectivity index (χ3v) is 2.33. The molecule has 0 aliphatic carbocycles. The molecule has 0 aromatic carbocycles. The van der Waals surface area contributed by atoms with Crippen molar-refractivity contribution in [1.82, 2.24) is 5.43 Å². The zero-order valence-corrected chi connectivity index (χ0v) is 7.92. The minimum absolute atomic E-state index is 0.176. The van der Waals surface area contributed by atoms with E-state index in [1.807, 2.05) is 6.92 Å². The van der Waals surface area contributed by atoms with Crippen LogP contribution in [0.25, 0.3) is 0 Å². The minimum Gasteiger partial charge on any atom is -0.380 e. The first-order chi connectivity index (χ1) is 5.17. The highest BCUT2D eigenvalue weighted by Crippen LogP contribution is 2.11. The van der Waals surface area contributed by atoms with Gasteiger partial charge in [-0.2, -0.15) is 0 Å². The number of nitrogens with two attached hydrogens (primary N) is 1. The fourth-order valence-corrected chi connectivity index (χ4v) is 1.16. The van der Waals surface area contributed by atoms with Crippen molar-refractivity contribution >= 4 is 0 Å². The van der Waals surface area contributed by atoms with Gasteiger partial charge in [0.2, 0.25) is 0 Å². The Balaban J connectivity index is 3.92. The van der Waals surface area contributed by atoms with E-state index in [1.165, 1.54) is 0 Å². The van der Waals surface area contributed by atoms with Crippen LogP contribution in [0, 0.1) is 5.92 Å². The maximum absolute atomic E-state index is 5.40. The zero-order chi connectivity index (χ0) is 8.85. The predicted octanol–water partition coefficient (Wildman–Crippen LogP) is 0.899. The Morgan fingerprint density at radius 2 is 2.00 bits per heavy atom. The molecule has 0 rings (SSSR count). The Kier molecular flexibility index (Phi) is 5.46. The van der Waals surface area contributed by atoms with Crippen molar-refractivity contribution in [3.05, 3.63) is 0 Å². The van der Waals surface area contributed by atoms with Crippen LogP contribution in [0.4, 0.5) is 0 Å². The Morgan fingerprint density at radius 1 is 1.45 bits per heavy atom. The van der Waals surface area contributed by atoms with Crippen molar-refractivity contribution in [3.8, 4) is 0 Å². The van der Waals surface area contributed by atoms with Gasteiger partial charge >= 0.3 is 0 Å². The van der Waals surface area contributed by atoms with Crippen molar-refractivity contribution in [2.45, 2.75) is 39.3 Å². The molecule has 0 spiro atoms. The molecule has 0 radical (unpaired) electrons. The number of hydrazine groups is 1. The number of methoxy groups -OCH3 is 1. The van der Waals surface area contributed by atoms with Gasteiger partial charge in [0.15, 0.2) is 0 Å². The maximum Gasteiger partial charge on any atom is 0.0712 e. The highest BCUT2D eigenvalue weighted by molar-refractivity contribution is 4.75. The average Bonchev–Trinajstić information content (AvgIpc) is 2.05. The van der Waals surface area contributed by atoms with Crippen molar-refractivity contribution in [1.29, 1.82) is 0 Å². The highest BCUT2D eigenvalue weighted by Gasteiger charge is 2.20. The van der Waals surface area contributed by atoms with Crippen LogP contribution in [0.15, 0.2) is 0 Å². The normalized spacial score (nSPS) is 19.4. The monoisotopic (exact) mass is 160 g/mol. The Labute approximate surface area is 69.3 Å².